The van der Waals surface area contributed by atoms with Gasteiger partial charge in [0.25, 0.3) is 0 Å². The Kier molecular flexibility index (Phi) is 3.41. The van der Waals surface area contributed by atoms with Crippen molar-refractivity contribution >= 4 is 17.4 Å². The molecule has 2 aromatic rings. The van der Waals surface area contributed by atoms with E-state index in [4.69, 9.17) is 16.0 Å². The number of hydrogen-bond donors (Lipinski definition) is 0. The number of alkyl halides is 3. The summed E-state index contributed by atoms with van der Waals surface area (Å²) < 4.78 is 42.5. The lowest BCUT2D eigenvalue weighted by molar-refractivity contribution is -0.137. The van der Waals surface area contributed by atoms with E-state index in [1.54, 1.807) is 0 Å². The van der Waals surface area contributed by atoms with Crippen LogP contribution in [0.5, 0.6) is 0 Å². The van der Waals surface area contributed by atoms with Crippen LogP contribution in [-0.2, 0) is 6.18 Å². The quantitative estimate of drug-likeness (QED) is 0.762. The van der Waals surface area contributed by atoms with Crippen LogP contribution in [0.1, 0.15) is 27.2 Å². The van der Waals surface area contributed by atoms with Crippen LogP contribution in [0, 0.1) is 6.92 Å². The van der Waals surface area contributed by atoms with Gasteiger partial charge in [-0.25, -0.2) is 0 Å². The summed E-state index contributed by atoms with van der Waals surface area (Å²) in [5.41, 5.74) is -0.412. The van der Waals surface area contributed by atoms with Gasteiger partial charge < -0.3 is 4.42 Å². The highest BCUT2D eigenvalue weighted by atomic mass is 35.5. The second-order valence-corrected chi connectivity index (χ2v) is 4.33. The van der Waals surface area contributed by atoms with Crippen molar-refractivity contribution in [2.45, 2.75) is 13.1 Å². The van der Waals surface area contributed by atoms with E-state index >= 15 is 0 Å². The maximum atomic E-state index is 12.5. The van der Waals surface area contributed by atoms with Gasteiger partial charge in [-0.05, 0) is 48.4 Å². The summed E-state index contributed by atoms with van der Waals surface area (Å²) in [4.78, 5) is 12.0. The molecule has 2 rings (SSSR count). The summed E-state index contributed by atoms with van der Waals surface area (Å²) in [5.74, 6) is -0.508. The fraction of sp³-hybridized carbons (Fsp3) is 0.154. The lowest BCUT2D eigenvalue weighted by atomic mass is 10.0. The van der Waals surface area contributed by atoms with Gasteiger partial charge in [0, 0.05) is 5.56 Å². The number of ketones is 1. The number of halogens is 4. The highest BCUT2D eigenvalue weighted by Crippen LogP contribution is 2.31. The number of benzene rings is 1. The Morgan fingerprint density at radius 3 is 2.37 bits per heavy atom. The van der Waals surface area contributed by atoms with Crippen LogP contribution < -0.4 is 0 Å². The number of furan rings is 1. The topological polar surface area (TPSA) is 30.2 Å². The van der Waals surface area contributed by atoms with E-state index < -0.39 is 17.5 Å². The minimum atomic E-state index is -4.43. The maximum absolute atomic E-state index is 12.5. The summed E-state index contributed by atoms with van der Waals surface area (Å²) in [6.45, 7) is 1.44. The molecule has 0 N–H and O–H groups in total. The first kappa shape index (κ1) is 13.7. The van der Waals surface area contributed by atoms with Crippen LogP contribution in [0.25, 0.3) is 0 Å². The molecular formula is C13H8ClF3O2. The van der Waals surface area contributed by atoms with E-state index in [1.165, 1.54) is 19.1 Å². The van der Waals surface area contributed by atoms with E-state index in [-0.39, 0.29) is 22.1 Å². The third-order valence-electron chi connectivity index (χ3n) is 2.60. The summed E-state index contributed by atoms with van der Waals surface area (Å²) in [5, 5.41) is 0.0490. The molecule has 2 nitrogen and oxygen atoms in total. The first-order valence-corrected chi connectivity index (χ1v) is 5.64. The molecule has 0 atom stereocenters. The average Bonchev–Trinajstić information content (AvgIpc) is 2.73. The standard InChI is InChI=1S/C13H8ClF3O2/c1-7-6-8(13(15,16)17)2-3-9(7)12(18)10-4-5-11(14)19-10/h2-6H,1H3. The van der Waals surface area contributed by atoms with Gasteiger partial charge in [0.1, 0.15) is 0 Å². The predicted octanol–water partition coefficient (Wildman–Crippen LogP) is 4.49. The van der Waals surface area contributed by atoms with Gasteiger partial charge in [-0.1, -0.05) is 6.07 Å². The van der Waals surface area contributed by atoms with Gasteiger partial charge in [-0.15, -0.1) is 0 Å². The molecule has 100 valence electrons. The van der Waals surface area contributed by atoms with Gasteiger partial charge in [0.05, 0.1) is 5.56 Å². The molecule has 0 spiro atoms. The summed E-state index contributed by atoms with van der Waals surface area (Å²) in [7, 11) is 0. The molecule has 0 aliphatic rings. The van der Waals surface area contributed by atoms with Gasteiger partial charge in [-0.3, -0.25) is 4.79 Å². The van der Waals surface area contributed by atoms with E-state index in [2.05, 4.69) is 0 Å². The van der Waals surface area contributed by atoms with Crippen molar-refractivity contribution in [3.63, 3.8) is 0 Å². The number of hydrogen-bond acceptors (Lipinski definition) is 2. The SMILES string of the molecule is Cc1cc(C(F)(F)F)ccc1C(=O)c1ccc(Cl)o1. The third kappa shape index (κ3) is 2.81. The fourth-order valence-electron chi connectivity index (χ4n) is 1.66. The maximum Gasteiger partial charge on any atom is 0.416 e. The van der Waals surface area contributed by atoms with Crippen LogP contribution in [0.2, 0.25) is 5.22 Å². The molecular weight excluding hydrogens is 281 g/mol. The summed E-state index contributed by atoms with van der Waals surface area (Å²) in [6, 6.07) is 5.70. The molecule has 1 aromatic heterocycles. The molecule has 0 saturated heterocycles. The Bertz CT molecular complexity index is 629. The van der Waals surface area contributed by atoms with Crippen LogP contribution in [0.3, 0.4) is 0 Å². The zero-order valence-electron chi connectivity index (χ0n) is 9.72. The first-order chi connectivity index (χ1) is 8.79. The molecule has 6 heteroatoms. The molecule has 0 saturated carbocycles. The van der Waals surface area contributed by atoms with E-state index in [0.29, 0.717) is 0 Å². The predicted molar refractivity (Wildman–Crippen MR) is 63.3 cm³/mol. The zero-order valence-corrected chi connectivity index (χ0v) is 10.5. The lowest BCUT2D eigenvalue weighted by Crippen LogP contribution is -2.08. The minimum Gasteiger partial charge on any atom is -0.441 e. The molecule has 0 aliphatic carbocycles. The molecule has 1 heterocycles. The Labute approximate surface area is 111 Å². The normalized spacial score (nSPS) is 11.6. The van der Waals surface area contributed by atoms with Crippen molar-refractivity contribution in [1.29, 1.82) is 0 Å². The largest absolute Gasteiger partial charge is 0.441 e. The lowest BCUT2D eigenvalue weighted by Gasteiger charge is -2.09. The monoisotopic (exact) mass is 288 g/mol. The van der Waals surface area contributed by atoms with E-state index in [9.17, 15) is 18.0 Å². The van der Waals surface area contributed by atoms with E-state index in [0.717, 1.165) is 18.2 Å². The van der Waals surface area contributed by atoms with Crippen LogP contribution in [-0.4, -0.2) is 5.78 Å². The van der Waals surface area contributed by atoms with Crippen molar-refractivity contribution in [3.05, 3.63) is 58.0 Å². The van der Waals surface area contributed by atoms with Gasteiger partial charge >= 0.3 is 6.18 Å². The Hall–Kier alpha value is -1.75. The van der Waals surface area contributed by atoms with Gasteiger partial charge in [0.2, 0.25) is 5.78 Å². The molecule has 0 amide bonds. The number of carbonyl (C=O) groups excluding carboxylic acids is 1. The average molecular weight is 289 g/mol. The third-order valence-corrected chi connectivity index (χ3v) is 2.80. The number of carbonyl (C=O) groups is 1. The molecule has 1 aromatic carbocycles. The van der Waals surface area contributed by atoms with Crippen molar-refractivity contribution in [3.8, 4) is 0 Å². The Morgan fingerprint density at radius 2 is 1.89 bits per heavy atom. The first-order valence-electron chi connectivity index (χ1n) is 5.27. The van der Waals surface area contributed by atoms with Crippen molar-refractivity contribution in [2.24, 2.45) is 0 Å². The van der Waals surface area contributed by atoms with Crippen molar-refractivity contribution in [1.82, 2.24) is 0 Å². The van der Waals surface area contributed by atoms with Crippen LogP contribution in [0.15, 0.2) is 34.7 Å². The van der Waals surface area contributed by atoms with Crippen molar-refractivity contribution in [2.75, 3.05) is 0 Å². The summed E-state index contributed by atoms with van der Waals surface area (Å²) in [6.07, 6.45) is -4.43. The molecule has 19 heavy (non-hydrogen) atoms. The van der Waals surface area contributed by atoms with Crippen molar-refractivity contribution < 1.29 is 22.4 Å². The highest BCUT2D eigenvalue weighted by Gasteiger charge is 2.31. The molecule has 0 fully saturated rings. The Balaban J connectivity index is 2.39. The van der Waals surface area contributed by atoms with E-state index in [1.807, 2.05) is 0 Å². The minimum absolute atomic E-state index is 0.00661. The molecule has 0 unspecified atom stereocenters. The second kappa shape index (κ2) is 4.74. The van der Waals surface area contributed by atoms with Gasteiger partial charge in [0.15, 0.2) is 11.0 Å². The van der Waals surface area contributed by atoms with Crippen LogP contribution >= 0.6 is 11.6 Å². The van der Waals surface area contributed by atoms with Gasteiger partial charge in [-0.2, -0.15) is 13.2 Å². The molecule has 0 aliphatic heterocycles. The molecule has 0 bridgehead atoms. The zero-order chi connectivity index (χ0) is 14.2. The number of rotatable bonds is 2. The number of aryl methyl sites for hydroxylation is 1. The highest BCUT2D eigenvalue weighted by molar-refractivity contribution is 6.29. The summed E-state index contributed by atoms with van der Waals surface area (Å²) >= 11 is 5.55. The fourth-order valence-corrected chi connectivity index (χ4v) is 1.81. The molecule has 0 radical (unpaired) electrons. The smallest absolute Gasteiger partial charge is 0.416 e. The second-order valence-electron chi connectivity index (χ2n) is 3.96. The Morgan fingerprint density at radius 1 is 1.21 bits per heavy atom. The van der Waals surface area contributed by atoms with Crippen LogP contribution in [0.4, 0.5) is 13.2 Å².